The van der Waals surface area contributed by atoms with Crippen molar-refractivity contribution >= 4 is 61.0 Å². The first-order valence-electron chi connectivity index (χ1n) is 17.8. The fourth-order valence-electron chi connectivity index (χ4n) is 4.55. The second-order valence-corrected chi connectivity index (χ2v) is 14.4. The summed E-state index contributed by atoms with van der Waals surface area (Å²) < 4.78 is 75.4. The molecule has 0 saturated heterocycles. The van der Waals surface area contributed by atoms with E-state index in [1.807, 2.05) is 11.9 Å². The van der Waals surface area contributed by atoms with Gasteiger partial charge in [0.1, 0.15) is 11.6 Å². The van der Waals surface area contributed by atoms with Crippen LogP contribution in [0.5, 0.6) is 0 Å². The van der Waals surface area contributed by atoms with Gasteiger partial charge < -0.3 is 54.8 Å². The molecule has 0 radical (unpaired) electrons. The van der Waals surface area contributed by atoms with Crippen LogP contribution in [0.1, 0.15) is 10.4 Å². The molecule has 0 aliphatic heterocycles. The van der Waals surface area contributed by atoms with Crippen LogP contribution in [0.3, 0.4) is 0 Å². The number of rotatable bonds is 31. The number of carboxylic acid groups (broad SMARTS) is 1. The first-order valence-corrected chi connectivity index (χ1v) is 20.0. The van der Waals surface area contributed by atoms with Gasteiger partial charge >= 0.3 is 5.97 Å². The molecule has 1 heterocycles. The Balaban J connectivity index is 1.17. The number of nitrogens with two attached hydrogens (primary N) is 1. The number of aromatic nitrogens is 2. The van der Waals surface area contributed by atoms with E-state index in [4.69, 9.17) is 39.3 Å². The molecule has 0 bridgehead atoms. The molecule has 1 aromatic heterocycles. The van der Waals surface area contributed by atoms with E-state index in [-0.39, 0.29) is 47.7 Å². The number of nitrogens with one attached hydrogen (secondary N) is 3. The van der Waals surface area contributed by atoms with Gasteiger partial charge in [-0.2, -0.15) is 4.98 Å². The van der Waals surface area contributed by atoms with Crippen LogP contribution in [-0.2, 0) is 43.2 Å². The van der Waals surface area contributed by atoms with Crippen LogP contribution in [0.25, 0.3) is 0 Å². The van der Waals surface area contributed by atoms with Gasteiger partial charge in [-0.05, 0) is 59.4 Å². The summed E-state index contributed by atoms with van der Waals surface area (Å²) in [5.74, 6) is -2.31. The molecule has 0 spiro atoms. The predicted octanol–water partition coefficient (Wildman–Crippen LogP) is 2.91. The number of nitrogens with zero attached hydrogens (tertiary/aromatic N) is 3. The van der Waals surface area contributed by atoms with Gasteiger partial charge in [0.25, 0.3) is 5.91 Å². The number of hydrogen-bond acceptors (Lipinski definition) is 15. The van der Waals surface area contributed by atoms with Crippen molar-refractivity contribution in [2.24, 2.45) is 5.73 Å². The predicted molar refractivity (Wildman–Crippen MR) is 212 cm³/mol. The fraction of sp³-hybridized carbons (Fsp3) is 0.444. The molecule has 3 aromatic rings. The lowest BCUT2D eigenvalue weighted by Gasteiger charge is -2.14. The third-order valence-corrected chi connectivity index (χ3v) is 9.43. The van der Waals surface area contributed by atoms with Gasteiger partial charge in [0.15, 0.2) is 0 Å². The zero-order valence-electron chi connectivity index (χ0n) is 31.5. The van der Waals surface area contributed by atoms with Gasteiger partial charge in [-0.3, -0.25) is 4.79 Å². The molecule has 57 heavy (non-hydrogen) atoms. The molecule has 314 valence electrons. The number of anilines is 4. The van der Waals surface area contributed by atoms with Crippen molar-refractivity contribution in [1.82, 2.24) is 19.6 Å². The van der Waals surface area contributed by atoms with E-state index in [1.165, 1.54) is 30.5 Å². The Morgan fingerprint density at radius 3 is 1.98 bits per heavy atom. The number of primary amides is 1. The zero-order chi connectivity index (χ0) is 41.3. The third-order valence-electron chi connectivity index (χ3n) is 7.37. The quantitative estimate of drug-likeness (QED) is 0.0462. The molecular formula is C36H49BrFN7O11S. The van der Waals surface area contributed by atoms with E-state index in [0.717, 1.165) is 12.1 Å². The summed E-state index contributed by atoms with van der Waals surface area (Å²) in [6.07, 6.45) is 4.15. The van der Waals surface area contributed by atoms with E-state index in [2.05, 4.69) is 41.3 Å². The van der Waals surface area contributed by atoms with Crippen LogP contribution in [0.2, 0.25) is 0 Å². The number of halogens is 2. The Bertz CT molecular complexity index is 1810. The number of carbonyl (C=O) groups is 2. The maximum atomic E-state index is 14.2. The summed E-state index contributed by atoms with van der Waals surface area (Å²) in [6.45, 7) is 5.93. The fourth-order valence-corrected chi connectivity index (χ4v) is 5.85. The standard InChI is InChI=1S/C36H49BrFN7O11S/c1-45(12-3-6-32(46)47)13-15-52-17-19-54-21-23-56-25-24-55-22-20-53-18-16-51-14-11-41-57(49,50)28-9-7-27(8-10-28)42-36-40-26-29(37)35(44-36)43-31-5-2-4-30(38)33(31)34(39)48/h2-10,26,41H,11-25H2,1H3,(H2,39,48)(H,46,47)(H2,40,42,43,44)/b6-3+. The molecule has 6 N–H and O–H groups in total. The SMILES string of the molecule is CN(C/C=C/C(=O)O)CCOCCOCCOCCOCCOCCOCCNS(=O)(=O)c1ccc(Nc2ncc(Br)c(Nc3cccc(F)c3C(N)=O)n2)cc1. The summed E-state index contributed by atoms with van der Waals surface area (Å²) >= 11 is 3.32. The number of sulfonamides is 1. The monoisotopic (exact) mass is 885 g/mol. The van der Waals surface area contributed by atoms with Crippen LogP contribution in [0, 0.1) is 5.82 Å². The lowest BCUT2D eigenvalue weighted by Crippen LogP contribution is -2.27. The van der Waals surface area contributed by atoms with Gasteiger partial charge in [-0.25, -0.2) is 27.3 Å². The molecule has 0 saturated carbocycles. The maximum absolute atomic E-state index is 14.2. The van der Waals surface area contributed by atoms with Crippen molar-refractivity contribution in [1.29, 1.82) is 0 Å². The smallest absolute Gasteiger partial charge is 0.328 e. The first kappa shape index (κ1) is 47.2. The molecule has 2 aromatic carbocycles. The summed E-state index contributed by atoms with van der Waals surface area (Å²) in [4.78, 5) is 32.8. The van der Waals surface area contributed by atoms with Gasteiger partial charge in [0.2, 0.25) is 16.0 Å². The van der Waals surface area contributed by atoms with Gasteiger partial charge in [-0.1, -0.05) is 12.1 Å². The maximum Gasteiger partial charge on any atom is 0.328 e. The minimum Gasteiger partial charge on any atom is -0.478 e. The summed E-state index contributed by atoms with van der Waals surface area (Å²) in [6, 6.07) is 9.96. The number of aliphatic carboxylic acids is 1. The number of carboxylic acids is 1. The number of hydrogen-bond donors (Lipinski definition) is 5. The van der Waals surface area contributed by atoms with E-state index in [9.17, 15) is 22.4 Å². The minimum absolute atomic E-state index is 0.0449. The van der Waals surface area contributed by atoms with Crippen molar-refractivity contribution in [3.8, 4) is 0 Å². The normalized spacial score (nSPS) is 11.7. The Morgan fingerprint density at radius 1 is 0.860 bits per heavy atom. The van der Waals surface area contributed by atoms with Gasteiger partial charge in [-0.15, -0.1) is 0 Å². The van der Waals surface area contributed by atoms with Crippen molar-refractivity contribution in [3.05, 3.63) is 76.7 Å². The number of likely N-dealkylation sites (N-methyl/N-ethyl adjacent to an activating group) is 1. The Hall–Kier alpha value is -4.16. The average molecular weight is 887 g/mol. The average Bonchev–Trinajstić information content (AvgIpc) is 3.16. The highest BCUT2D eigenvalue weighted by Crippen LogP contribution is 2.28. The zero-order valence-corrected chi connectivity index (χ0v) is 33.9. The Morgan fingerprint density at radius 2 is 1.42 bits per heavy atom. The van der Waals surface area contributed by atoms with Crippen molar-refractivity contribution in [2.75, 3.05) is 117 Å². The second kappa shape index (κ2) is 26.7. The van der Waals surface area contributed by atoms with E-state index < -0.39 is 27.7 Å². The van der Waals surface area contributed by atoms with E-state index >= 15 is 0 Å². The number of carbonyl (C=O) groups excluding carboxylic acids is 1. The lowest BCUT2D eigenvalue weighted by molar-refractivity contribution is -0.131. The van der Waals surface area contributed by atoms with Crippen molar-refractivity contribution < 1.29 is 55.9 Å². The number of benzene rings is 2. The molecule has 0 aliphatic carbocycles. The van der Waals surface area contributed by atoms with Crippen LogP contribution < -0.4 is 21.1 Å². The van der Waals surface area contributed by atoms with Crippen molar-refractivity contribution in [2.45, 2.75) is 4.90 Å². The molecule has 3 rings (SSSR count). The third kappa shape index (κ3) is 19.2. The molecule has 1 amide bonds. The second-order valence-electron chi connectivity index (χ2n) is 11.8. The van der Waals surface area contributed by atoms with Crippen LogP contribution in [-0.4, -0.2) is 146 Å². The Labute approximate surface area is 339 Å². The van der Waals surface area contributed by atoms with Gasteiger partial charge in [0.05, 0.1) is 99.9 Å². The molecule has 21 heteroatoms. The Kier molecular flexibility index (Phi) is 22.1. The summed E-state index contributed by atoms with van der Waals surface area (Å²) in [7, 11) is -1.92. The largest absolute Gasteiger partial charge is 0.478 e. The highest BCUT2D eigenvalue weighted by atomic mass is 79.9. The highest BCUT2D eigenvalue weighted by molar-refractivity contribution is 9.10. The van der Waals surface area contributed by atoms with E-state index in [1.54, 1.807) is 18.2 Å². The summed E-state index contributed by atoms with van der Waals surface area (Å²) in [5, 5.41) is 14.4. The molecule has 0 atom stereocenters. The molecule has 18 nitrogen and oxygen atoms in total. The van der Waals surface area contributed by atoms with Crippen molar-refractivity contribution in [3.63, 3.8) is 0 Å². The minimum atomic E-state index is -3.80. The van der Waals surface area contributed by atoms with Gasteiger partial charge in [0, 0.05) is 37.6 Å². The molecule has 0 aliphatic rings. The number of ether oxygens (including phenoxy) is 6. The topological polar surface area (TPSA) is 235 Å². The van der Waals surface area contributed by atoms with Crippen LogP contribution >= 0.6 is 15.9 Å². The van der Waals surface area contributed by atoms with E-state index in [0.29, 0.717) is 89.3 Å². The van der Waals surface area contributed by atoms with Crippen LogP contribution in [0.15, 0.2) is 70.2 Å². The number of amides is 1. The lowest BCUT2D eigenvalue weighted by atomic mass is 10.1. The molecular weight excluding hydrogens is 837 g/mol. The molecule has 0 fully saturated rings. The summed E-state index contributed by atoms with van der Waals surface area (Å²) in [5.41, 5.74) is 5.64. The molecule has 0 unspecified atom stereocenters. The highest BCUT2D eigenvalue weighted by Gasteiger charge is 2.17. The van der Waals surface area contributed by atoms with Crippen LogP contribution in [0.4, 0.5) is 27.5 Å². The first-order chi connectivity index (χ1) is 27.5.